The molecule has 150 valence electrons. The van der Waals surface area contributed by atoms with Crippen molar-refractivity contribution >= 4 is 5.91 Å². The first kappa shape index (κ1) is 18.2. The van der Waals surface area contributed by atoms with Gasteiger partial charge in [-0.05, 0) is 44.0 Å². The van der Waals surface area contributed by atoms with Crippen molar-refractivity contribution < 1.29 is 13.8 Å². The van der Waals surface area contributed by atoms with Crippen LogP contribution in [0.5, 0.6) is 0 Å². The summed E-state index contributed by atoms with van der Waals surface area (Å²) in [4.78, 5) is 21.2. The molecule has 4 aromatic rings. The minimum atomic E-state index is -0.227. The van der Waals surface area contributed by atoms with Crippen molar-refractivity contribution in [3.63, 3.8) is 0 Å². The number of rotatable bonds is 6. The maximum absolute atomic E-state index is 12.4. The van der Waals surface area contributed by atoms with Gasteiger partial charge in [0.1, 0.15) is 0 Å². The average molecular weight is 401 g/mol. The monoisotopic (exact) mass is 401 g/mol. The highest BCUT2D eigenvalue weighted by molar-refractivity contribution is 5.94. The zero-order chi connectivity index (χ0) is 20.5. The molecule has 0 bridgehead atoms. The lowest BCUT2D eigenvalue weighted by Crippen LogP contribution is -2.23. The number of aromatic nitrogens is 4. The maximum atomic E-state index is 12.4. The van der Waals surface area contributed by atoms with Crippen LogP contribution in [-0.4, -0.2) is 26.2 Å². The van der Waals surface area contributed by atoms with E-state index >= 15 is 0 Å². The maximum Gasteiger partial charge on any atom is 0.257 e. The van der Waals surface area contributed by atoms with Crippen LogP contribution < -0.4 is 5.32 Å². The van der Waals surface area contributed by atoms with E-state index in [0.717, 1.165) is 29.5 Å². The summed E-state index contributed by atoms with van der Waals surface area (Å²) in [6.45, 7) is 2.18. The molecule has 2 heterocycles. The van der Waals surface area contributed by atoms with E-state index in [1.807, 2.05) is 31.2 Å². The van der Waals surface area contributed by atoms with E-state index in [0.29, 0.717) is 34.9 Å². The van der Waals surface area contributed by atoms with Crippen molar-refractivity contribution in [1.82, 2.24) is 25.6 Å². The van der Waals surface area contributed by atoms with Crippen LogP contribution in [0.3, 0.4) is 0 Å². The highest BCUT2D eigenvalue weighted by atomic mass is 16.5. The van der Waals surface area contributed by atoms with Gasteiger partial charge < -0.3 is 14.4 Å². The zero-order valence-electron chi connectivity index (χ0n) is 16.3. The fourth-order valence-electron chi connectivity index (χ4n) is 3.02. The number of aryl methyl sites for hydroxylation is 1. The summed E-state index contributed by atoms with van der Waals surface area (Å²) in [5.74, 6) is 2.25. The molecule has 0 spiro atoms. The third-order valence-corrected chi connectivity index (χ3v) is 4.95. The number of nitrogens with one attached hydrogen (secondary N) is 1. The van der Waals surface area contributed by atoms with Gasteiger partial charge in [0.15, 0.2) is 5.82 Å². The summed E-state index contributed by atoms with van der Waals surface area (Å²) >= 11 is 0. The largest absolute Gasteiger partial charge is 0.345 e. The first-order chi connectivity index (χ1) is 14.7. The van der Waals surface area contributed by atoms with Crippen LogP contribution >= 0.6 is 0 Å². The van der Waals surface area contributed by atoms with Crippen molar-refractivity contribution in [1.29, 1.82) is 0 Å². The van der Waals surface area contributed by atoms with E-state index in [4.69, 9.17) is 9.05 Å². The highest BCUT2D eigenvalue weighted by Gasteiger charge is 2.29. The van der Waals surface area contributed by atoms with Gasteiger partial charge >= 0.3 is 0 Å². The molecule has 30 heavy (non-hydrogen) atoms. The Labute approximate surface area is 172 Å². The molecule has 2 aromatic carbocycles. The minimum Gasteiger partial charge on any atom is -0.345 e. The van der Waals surface area contributed by atoms with E-state index in [2.05, 4.69) is 25.6 Å². The molecule has 1 aliphatic carbocycles. The standard InChI is InChI=1S/C22H19N5O3/c1-13-2-4-16(5-3-13)21-24-18(26-29-21)12-23-20(28)15-8-6-14(7-9-15)19-25-22(30-27-19)17-10-11-17/h2-9,17H,10-12H2,1H3,(H,23,28). The summed E-state index contributed by atoms with van der Waals surface area (Å²) in [6.07, 6.45) is 2.21. The highest BCUT2D eigenvalue weighted by Crippen LogP contribution is 2.39. The quantitative estimate of drug-likeness (QED) is 0.522. The van der Waals surface area contributed by atoms with Gasteiger partial charge in [-0.1, -0.05) is 40.1 Å². The van der Waals surface area contributed by atoms with Crippen LogP contribution in [0.15, 0.2) is 57.6 Å². The molecule has 0 radical (unpaired) electrons. The molecule has 8 nitrogen and oxygen atoms in total. The normalized spacial score (nSPS) is 13.4. The van der Waals surface area contributed by atoms with E-state index in [1.165, 1.54) is 0 Å². The molecule has 2 aromatic heterocycles. The number of hydrogen-bond donors (Lipinski definition) is 1. The molecule has 8 heteroatoms. The predicted molar refractivity (Wildman–Crippen MR) is 107 cm³/mol. The Morgan fingerprint density at radius 1 is 0.967 bits per heavy atom. The summed E-state index contributed by atoms with van der Waals surface area (Å²) in [5.41, 5.74) is 3.32. The van der Waals surface area contributed by atoms with Crippen molar-refractivity contribution in [2.24, 2.45) is 0 Å². The number of carbonyl (C=O) groups excluding carboxylic acids is 1. The Bertz CT molecular complexity index is 1170. The second kappa shape index (κ2) is 7.55. The van der Waals surface area contributed by atoms with Gasteiger partial charge in [-0.2, -0.15) is 9.97 Å². The Morgan fingerprint density at radius 3 is 2.43 bits per heavy atom. The SMILES string of the molecule is Cc1ccc(-c2nc(CNC(=O)c3ccc(-c4noc(C5CC5)n4)cc3)no2)cc1. The van der Waals surface area contributed by atoms with Crippen molar-refractivity contribution in [2.75, 3.05) is 0 Å². The number of benzene rings is 2. The van der Waals surface area contributed by atoms with Gasteiger partial charge in [0.25, 0.3) is 11.8 Å². The smallest absolute Gasteiger partial charge is 0.257 e. The lowest BCUT2D eigenvalue weighted by atomic mass is 10.1. The first-order valence-electron chi connectivity index (χ1n) is 9.77. The number of carbonyl (C=O) groups is 1. The molecule has 1 aliphatic rings. The molecular formula is C22H19N5O3. The molecule has 0 unspecified atom stereocenters. The lowest BCUT2D eigenvalue weighted by Gasteiger charge is -2.03. The Hall–Kier alpha value is -3.81. The van der Waals surface area contributed by atoms with Crippen LogP contribution in [-0.2, 0) is 6.54 Å². The van der Waals surface area contributed by atoms with Crippen LogP contribution in [0.2, 0.25) is 0 Å². The van der Waals surface area contributed by atoms with Crippen LogP contribution in [0.25, 0.3) is 22.8 Å². The van der Waals surface area contributed by atoms with Gasteiger partial charge in [-0.3, -0.25) is 4.79 Å². The third-order valence-electron chi connectivity index (χ3n) is 4.95. The Balaban J connectivity index is 1.21. The molecule has 1 amide bonds. The van der Waals surface area contributed by atoms with Gasteiger partial charge in [0.2, 0.25) is 11.7 Å². The van der Waals surface area contributed by atoms with E-state index in [9.17, 15) is 4.79 Å². The van der Waals surface area contributed by atoms with Gasteiger partial charge in [0, 0.05) is 22.6 Å². The molecular weight excluding hydrogens is 382 g/mol. The van der Waals surface area contributed by atoms with E-state index in [1.54, 1.807) is 24.3 Å². The van der Waals surface area contributed by atoms with Gasteiger partial charge in [-0.15, -0.1) is 0 Å². The van der Waals surface area contributed by atoms with Crippen LogP contribution in [0.1, 0.15) is 46.4 Å². The second-order valence-electron chi connectivity index (χ2n) is 7.37. The average Bonchev–Trinajstić information content (AvgIpc) is 3.31. The number of amides is 1. The van der Waals surface area contributed by atoms with Crippen molar-refractivity contribution in [3.05, 3.63) is 71.4 Å². The molecule has 0 aliphatic heterocycles. The van der Waals surface area contributed by atoms with Crippen LogP contribution in [0, 0.1) is 6.92 Å². The Morgan fingerprint density at radius 2 is 1.70 bits per heavy atom. The van der Waals surface area contributed by atoms with Gasteiger partial charge in [-0.25, -0.2) is 0 Å². The summed E-state index contributed by atoms with van der Waals surface area (Å²) < 4.78 is 10.6. The Kier molecular flexibility index (Phi) is 4.59. The summed E-state index contributed by atoms with van der Waals surface area (Å²) in [6, 6.07) is 14.9. The first-order valence-corrected chi connectivity index (χ1v) is 9.77. The zero-order valence-corrected chi connectivity index (χ0v) is 16.3. The summed E-state index contributed by atoms with van der Waals surface area (Å²) in [7, 11) is 0. The third kappa shape index (κ3) is 3.84. The molecule has 1 N–H and O–H groups in total. The second-order valence-corrected chi connectivity index (χ2v) is 7.37. The van der Waals surface area contributed by atoms with E-state index < -0.39 is 0 Å². The summed E-state index contributed by atoms with van der Waals surface area (Å²) in [5, 5.41) is 10.7. The fourth-order valence-corrected chi connectivity index (χ4v) is 3.02. The molecule has 1 fully saturated rings. The molecule has 0 saturated heterocycles. The molecule has 5 rings (SSSR count). The van der Waals surface area contributed by atoms with Crippen molar-refractivity contribution in [3.8, 4) is 22.8 Å². The number of hydrogen-bond acceptors (Lipinski definition) is 7. The molecule has 0 atom stereocenters. The number of nitrogens with zero attached hydrogens (tertiary/aromatic N) is 4. The fraction of sp³-hybridized carbons (Fsp3) is 0.227. The minimum absolute atomic E-state index is 0.172. The topological polar surface area (TPSA) is 107 Å². The van der Waals surface area contributed by atoms with Gasteiger partial charge in [0.05, 0.1) is 6.54 Å². The molecule has 1 saturated carbocycles. The predicted octanol–water partition coefficient (Wildman–Crippen LogP) is 3.90. The van der Waals surface area contributed by atoms with E-state index in [-0.39, 0.29) is 12.5 Å². The van der Waals surface area contributed by atoms with Crippen LogP contribution in [0.4, 0.5) is 0 Å². The van der Waals surface area contributed by atoms with Crippen molar-refractivity contribution in [2.45, 2.75) is 32.2 Å². The lowest BCUT2D eigenvalue weighted by molar-refractivity contribution is 0.0949.